The topological polar surface area (TPSA) is 12.0 Å². The molecule has 0 heterocycles. The minimum absolute atomic E-state index is 0.172. The Labute approximate surface area is 155 Å². The van der Waals surface area contributed by atoms with Crippen LogP contribution in [0.4, 0.5) is 4.39 Å². The van der Waals surface area contributed by atoms with E-state index in [0.29, 0.717) is 5.92 Å². The van der Waals surface area contributed by atoms with Crippen molar-refractivity contribution in [1.82, 2.24) is 5.32 Å². The molecule has 0 fully saturated rings. The summed E-state index contributed by atoms with van der Waals surface area (Å²) in [5.74, 6) is 0.184. The molecule has 0 aliphatic heterocycles. The lowest BCUT2D eigenvalue weighted by Gasteiger charge is -2.22. The third kappa shape index (κ3) is 4.80. The zero-order chi connectivity index (χ0) is 18.2. The highest BCUT2D eigenvalue weighted by molar-refractivity contribution is 5.32. The fourth-order valence-electron chi connectivity index (χ4n) is 3.52. The Morgan fingerprint density at radius 3 is 1.88 bits per heavy atom. The minimum atomic E-state index is -0.172. The van der Waals surface area contributed by atoms with Gasteiger partial charge in [-0.1, -0.05) is 79.7 Å². The molecule has 0 spiro atoms. The summed E-state index contributed by atoms with van der Waals surface area (Å²) < 4.78 is 13.5. The van der Waals surface area contributed by atoms with Gasteiger partial charge in [-0.3, -0.25) is 0 Å². The van der Waals surface area contributed by atoms with Gasteiger partial charge in [0.05, 0.1) is 0 Å². The molecule has 0 amide bonds. The van der Waals surface area contributed by atoms with Gasteiger partial charge < -0.3 is 5.32 Å². The van der Waals surface area contributed by atoms with Crippen LogP contribution in [-0.4, -0.2) is 6.54 Å². The molecule has 1 unspecified atom stereocenters. The van der Waals surface area contributed by atoms with E-state index in [2.05, 4.69) is 72.9 Å². The Bertz CT molecular complexity index is 746. The third-order valence-corrected chi connectivity index (χ3v) is 4.89. The SMILES string of the molecule is CCC(NCCC(c1ccccc1)c1ccccc1)c1cccc(F)c1. The van der Waals surface area contributed by atoms with E-state index < -0.39 is 0 Å². The highest BCUT2D eigenvalue weighted by Gasteiger charge is 2.15. The number of nitrogens with one attached hydrogen (secondary N) is 1. The molecule has 0 saturated carbocycles. The van der Waals surface area contributed by atoms with Crippen molar-refractivity contribution in [3.05, 3.63) is 107 Å². The standard InChI is InChI=1S/C24H26FN/c1-2-24(21-14-9-15-22(25)18-21)26-17-16-23(19-10-5-3-6-11-19)20-12-7-4-8-13-20/h3-15,18,23-24,26H,2,16-17H2,1H3. The fraction of sp³-hybridized carbons (Fsp3) is 0.250. The molecule has 3 rings (SSSR count). The van der Waals surface area contributed by atoms with Gasteiger partial charge in [-0.25, -0.2) is 4.39 Å². The van der Waals surface area contributed by atoms with Crippen molar-refractivity contribution in [2.45, 2.75) is 31.7 Å². The maximum atomic E-state index is 13.5. The Hall–Kier alpha value is -2.45. The summed E-state index contributed by atoms with van der Waals surface area (Å²) in [6.07, 6.45) is 1.94. The van der Waals surface area contributed by atoms with Crippen LogP contribution in [0.2, 0.25) is 0 Å². The first kappa shape index (κ1) is 18.3. The maximum Gasteiger partial charge on any atom is 0.123 e. The lowest BCUT2D eigenvalue weighted by atomic mass is 9.88. The highest BCUT2D eigenvalue weighted by Crippen LogP contribution is 2.28. The lowest BCUT2D eigenvalue weighted by Crippen LogP contribution is -2.23. The van der Waals surface area contributed by atoms with Crippen LogP contribution in [0.1, 0.15) is 48.4 Å². The Morgan fingerprint density at radius 2 is 1.35 bits per heavy atom. The molecule has 0 aromatic heterocycles. The first-order valence-corrected chi connectivity index (χ1v) is 9.36. The van der Waals surface area contributed by atoms with E-state index in [4.69, 9.17) is 0 Å². The second-order valence-electron chi connectivity index (χ2n) is 6.63. The van der Waals surface area contributed by atoms with Gasteiger partial charge in [0.25, 0.3) is 0 Å². The van der Waals surface area contributed by atoms with Crippen LogP contribution in [0, 0.1) is 5.82 Å². The molecule has 0 aliphatic rings. The summed E-state index contributed by atoms with van der Waals surface area (Å²) in [7, 11) is 0. The van der Waals surface area contributed by atoms with Crippen LogP contribution in [0.15, 0.2) is 84.9 Å². The van der Waals surface area contributed by atoms with E-state index in [-0.39, 0.29) is 11.9 Å². The van der Waals surface area contributed by atoms with Gasteiger partial charge in [-0.05, 0) is 48.2 Å². The summed E-state index contributed by atoms with van der Waals surface area (Å²) in [5.41, 5.74) is 3.68. The molecule has 26 heavy (non-hydrogen) atoms. The molecule has 0 aliphatic carbocycles. The van der Waals surface area contributed by atoms with Crippen molar-refractivity contribution in [2.75, 3.05) is 6.54 Å². The molecule has 1 nitrogen and oxygen atoms in total. The Balaban J connectivity index is 1.70. The maximum absolute atomic E-state index is 13.5. The van der Waals surface area contributed by atoms with E-state index >= 15 is 0 Å². The van der Waals surface area contributed by atoms with Crippen LogP contribution in [0.5, 0.6) is 0 Å². The van der Waals surface area contributed by atoms with Crippen molar-refractivity contribution in [3.8, 4) is 0 Å². The molecule has 0 radical (unpaired) electrons. The summed E-state index contributed by atoms with van der Waals surface area (Å²) in [4.78, 5) is 0. The van der Waals surface area contributed by atoms with E-state index in [1.54, 1.807) is 12.1 Å². The second-order valence-corrected chi connectivity index (χ2v) is 6.63. The molecule has 3 aromatic carbocycles. The second kappa shape index (κ2) is 9.30. The van der Waals surface area contributed by atoms with Crippen LogP contribution >= 0.6 is 0 Å². The molecule has 1 N–H and O–H groups in total. The predicted octanol–water partition coefficient (Wildman–Crippen LogP) is 6.09. The average molecular weight is 347 g/mol. The van der Waals surface area contributed by atoms with Crippen molar-refractivity contribution >= 4 is 0 Å². The number of hydrogen-bond acceptors (Lipinski definition) is 1. The zero-order valence-corrected chi connectivity index (χ0v) is 15.2. The fourth-order valence-corrected chi connectivity index (χ4v) is 3.52. The summed E-state index contributed by atoms with van der Waals surface area (Å²) in [5, 5.41) is 3.62. The Kier molecular flexibility index (Phi) is 6.56. The van der Waals surface area contributed by atoms with Crippen molar-refractivity contribution < 1.29 is 4.39 Å². The highest BCUT2D eigenvalue weighted by atomic mass is 19.1. The minimum Gasteiger partial charge on any atom is -0.310 e. The number of benzene rings is 3. The normalized spacial score (nSPS) is 12.3. The summed E-state index contributed by atoms with van der Waals surface area (Å²) in [6.45, 7) is 3.01. The van der Waals surface area contributed by atoms with Crippen LogP contribution < -0.4 is 5.32 Å². The van der Waals surface area contributed by atoms with Gasteiger partial charge >= 0.3 is 0 Å². The van der Waals surface area contributed by atoms with Crippen molar-refractivity contribution in [1.29, 1.82) is 0 Å². The van der Waals surface area contributed by atoms with Gasteiger partial charge in [0.15, 0.2) is 0 Å². The largest absolute Gasteiger partial charge is 0.310 e. The molecule has 0 saturated heterocycles. The van der Waals surface area contributed by atoms with Crippen LogP contribution in [-0.2, 0) is 0 Å². The predicted molar refractivity (Wildman–Crippen MR) is 107 cm³/mol. The first-order valence-electron chi connectivity index (χ1n) is 9.36. The quantitative estimate of drug-likeness (QED) is 0.520. The zero-order valence-electron chi connectivity index (χ0n) is 15.2. The number of rotatable bonds is 8. The molecule has 1 atom stereocenters. The third-order valence-electron chi connectivity index (χ3n) is 4.89. The molecular weight excluding hydrogens is 321 g/mol. The van der Waals surface area contributed by atoms with Crippen molar-refractivity contribution in [3.63, 3.8) is 0 Å². The van der Waals surface area contributed by atoms with Gasteiger partial charge in [0, 0.05) is 12.0 Å². The molecule has 3 aromatic rings. The van der Waals surface area contributed by atoms with Crippen LogP contribution in [0.3, 0.4) is 0 Å². The van der Waals surface area contributed by atoms with Crippen LogP contribution in [0.25, 0.3) is 0 Å². The van der Waals surface area contributed by atoms with E-state index in [0.717, 1.165) is 24.9 Å². The monoisotopic (exact) mass is 347 g/mol. The summed E-state index contributed by atoms with van der Waals surface area (Å²) >= 11 is 0. The summed E-state index contributed by atoms with van der Waals surface area (Å²) in [6, 6.07) is 28.4. The Morgan fingerprint density at radius 1 is 0.769 bits per heavy atom. The lowest BCUT2D eigenvalue weighted by molar-refractivity contribution is 0.495. The van der Waals surface area contributed by atoms with Gasteiger partial charge in [0.1, 0.15) is 5.82 Å². The molecule has 2 heteroatoms. The first-order chi connectivity index (χ1) is 12.8. The van der Waals surface area contributed by atoms with Gasteiger partial charge in [0.2, 0.25) is 0 Å². The van der Waals surface area contributed by atoms with Gasteiger partial charge in [-0.2, -0.15) is 0 Å². The molecule has 134 valence electrons. The van der Waals surface area contributed by atoms with E-state index in [1.807, 2.05) is 6.07 Å². The average Bonchev–Trinajstić information content (AvgIpc) is 2.69. The number of hydrogen-bond donors (Lipinski definition) is 1. The smallest absolute Gasteiger partial charge is 0.123 e. The molecule has 0 bridgehead atoms. The van der Waals surface area contributed by atoms with Crippen molar-refractivity contribution in [2.24, 2.45) is 0 Å². The number of halogens is 1. The van der Waals surface area contributed by atoms with E-state index in [9.17, 15) is 4.39 Å². The van der Waals surface area contributed by atoms with Gasteiger partial charge in [-0.15, -0.1) is 0 Å². The molecular formula is C24H26FN. The van der Waals surface area contributed by atoms with E-state index in [1.165, 1.54) is 17.2 Å².